The number of nitrogens with zero attached hydrogens (tertiary/aromatic N) is 2. The summed E-state index contributed by atoms with van der Waals surface area (Å²) in [5, 5.41) is 0. The highest BCUT2D eigenvalue weighted by molar-refractivity contribution is 5.08. The first-order valence-electron chi connectivity index (χ1n) is 5.35. The van der Waals surface area contributed by atoms with Crippen LogP contribution >= 0.6 is 0 Å². The second-order valence-electron chi connectivity index (χ2n) is 3.99. The maximum absolute atomic E-state index is 12.0. The second-order valence-corrected chi connectivity index (χ2v) is 3.99. The first-order valence-corrected chi connectivity index (χ1v) is 5.35. The van der Waals surface area contributed by atoms with Crippen LogP contribution in [-0.2, 0) is 6.42 Å². The van der Waals surface area contributed by atoms with Crippen LogP contribution in [0.15, 0.2) is 11.0 Å². The molecule has 4 nitrogen and oxygen atoms in total. The maximum Gasteiger partial charge on any atom is 0.256 e. The van der Waals surface area contributed by atoms with E-state index in [2.05, 4.69) is 4.98 Å². The van der Waals surface area contributed by atoms with Gasteiger partial charge in [0, 0.05) is 17.8 Å². The molecule has 0 aliphatic heterocycles. The quantitative estimate of drug-likeness (QED) is 0.805. The van der Waals surface area contributed by atoms with Crippen molar-refractivity contribution in [3.05, 3.63) is 27.9 Å². The molecule has 0 saturated carbocycles. The molecule has 1 rings (SSSR count). The molecule has 0 fully saturated rings. The van der Waals surface area contributed by atoms with Gasteiger partial charge in [-0.25, -0.2) is 4.98 Å². The van der Waals surface area contributed by atoms with Gasteiger partial charge in [0.1, 0.15) is 5.82 Å². The van der Waals surface area contributed by atoms with Crippen LogP contribution in [0.25, 0.3) is 0 Å². The standard InChI is InChI=1S/C11H19N3O/c1-8(2)14-9(3)13-7-10(11(14)15)5-4-6-12/h7-8H,4-6,12H2,1-3H3. The summed E-state index contributed by atoms with van der Waals surface area (Å²) in [5.74, 6) is 0.770. The molecule has 0 atom stereocenters. The van der Waals surface area contributed by atoms with Gasteiger partial charge in [-0.2, -0.15) is 0 Å². The third kappa shape index (κ3) is 2.65. The number of aromatic nitrogens is 2. The maximum atomic E-state index is 12.0. The second kappa shape index (κ2) is 5.07. The van der Waals surface area contributed by atoms with Gasteiger partial charge in [-0.15, -0.1) is 0 Å². The summed E-state index contributed by atoms with van der Waals surface area (Å²) in [7, 11) is 0. The Bertz CT molecular complexity index is 382. The number of aryl methyl sites for hydroxylation is 2. The Morgan fingerprint density at radius 3 is 2.73 bits per heavy atom. The van der Waals surface area contributed by atoms with Gasteiger partial charge < -0.3 is 5.73 Å². The molecule has 0 saturated heterocycles. The van der Waals surface area contributed by atoms with Crippen LogP contribution in [-0.4, -0.2) is 16.1 Å². The normalized spacial score (nSPS) is 11.0. The Kier molecular flexibility index (Phi) is 4.03. The van der Waals surface area contributed by atoms with Gasteiger partial charge in [0.15, 0.2) is 0 Å². The molecular formula is C11H19N3O. The Hall–Kier alpha value is -1.16. The Morgan fingerprint density at radius 1 is 1.53 bits per heavy atom. The average Bonchev–Trinajstić information content (AvgIpc) is 2.16. The fraction of sp³-hybridized carbons (Fsp3) is 0.636. The molecule has 0 unspecified atom stereocenters. The lowest BCUT2D eigenvalue weighted by Gasteiger charge is -2.14. The minimum Gasteiger partial charge on any atom is -0.330 e. The summed E-state index contributed by atoms with van der Waals surface area (Å²) in [4.78, 5) is 16.3. The van der Waals surface area contributed by atoms with Crippen molar-refractivity contribution in [2.45, 2.75) is 39.7 Å². The molecule has 4 heteroatoms. The van der Waals surface area contributed by atoms with Gasteiger partial charge in [-0.1, -0.05) is 0 Å². The first kappa shape index (κ1) is 11.9. The van der Waals surface area contributed by atoms with Gasteiger partial charge in [0.25, 0.3) is 5.56 Å². The monoisotopic (exact) mass is 209 g/mol. The van der Waals surface area contributed by atoms with Crippen molar-refractivity contribution in [2.75, 3.05) is 6.54 Å². The van der Waals surface area contributed by atoms with Crippen molar-refractivity contribution in [1.82, 2.24) is 9.55 Å². The first-order chi connectivity index (χ1) is 7.07. The highest BCUT2D eigenvalue weighted by atomic mass is 16.1. The van der Waals surface area contributed by atoms with E-state index in [4.69, 9.17) is 5.73 Å². The molecule has 2 N–H and O–H groups in total. The average molecular weight is 209 g/mol. The largest absolute Gasteiger partial charge is 0.330 e. The molecule has 1 heterocycles. The van der Waals surface area contributed by atoms with Crippen molar-refractivity contribution in [2.24, 2.45) is 5.73 Å². The van der Waals surface area contributed by atoms with E-state index in [9.17, 15) is 4.79 Å². The highest BCUT2D eigenvalue weighted by Crippen LogP contribution is 2.04. The lowest BCUT2D eigenvalue weighted by Crippen LogP contribution is -2.28. The van der Waals surface area contributed by atoms with Crippen LogP contribution in [0.3, 0.4) is 0 Å². The summed E-state index contributed by atoms with van der Waals surface area (Å²) >= 11 is 0. The fourth-order valence-corrected chi connectivity index (χ4v) is 1.66. The van der Waals surface area contributed by atoms with Crippen LogP contribution in [0.4, 0.5) is 0 Å². The smallest absolute Gasteiger partial charge is 0.256 e. The minimum atomic E-state index is 0.0750. The molecule has 0 amide bonds. The van der Waals surface area contributed by atoms with Gasteiger partial charge in [-0.05, 0) is 40.2 Å². The number of hydrogen-bond acceptors (Lipinski definition) is 3. The summed E-state index contributed by atoms with van der Waals surface area (Å²) in [6.45, 7) is 6.44. The molecule has 15 heavy (non-hydrogen) atoms. The van der Waals surface area contributed by atoms with E-state index in [0.717, 1.165) is 24.2 Å². The molecule has 0 aromatic carbocycles. The highest BCUT2D eigenvalue weighted by Gasteiger charge is 2.09. The summed E-state index contributed by atoms with van der Waals surface area (Å²) in [6.07, 6.45) is 3.22. The third-order valence-corrected chi connectivity index (χ3v) is 2.42. The summed E-state index contributed by atoms with van der Waals surface area (Å²) in [6, 6.07) is 0.155. The van der Waals surface area contributed by atoms with E-state index in [0.29, 0.717) is 6.54 Å². The van der Waals surface area contributed by atoms with Crippen molar-refractivity contribution in [1.29, 1.82) is 0 Å². The fourth-order valence-electron chi connectivity index (χ4n) is 1.66. The van der Waals surface area contributed by atoms with Crippen molar-refractivity contribution < 1.29 is 0 Å². The zero-order valence-corrected chi connectivity index (χ0v) is 9.66. The lowest BCUT2D eigenvalue weighted by molar-refractivity contribution is 0.541. The van der Waals surface area contributed by atoms with Gasteiger partial charge in [0.2, 0.25) is 0 Å². The Balaban J connectivity index is 3.11. The molecule has 1 aromatic rings. The lowest BCUT2D eigenvalue weighted by atomic mass is 10.2. The number of nitrogens with two attached hydrogens (primary N) is 1. The van der Waals surface area contributed by atoms with E-state index < -0.39 is 0 Å². The SMILES string of the molecule is Cc1ncc(CCCN)c(=O)n1C(C)C. The van der Waals surface area contributed by atoms with Crippen LogP contribution in [0, 0.1) is 6.92 Å². The van der Waals surface area contributed by atoms with Crippen molar-refractivity contribution in [3.63, 3.8) is 0 Å². The van der Waals surface area contributed by atoms with Crippen LogP contribution in [0.5, 0.6) is 0 Å². The van der Waals surface area contributed by atoms with Gasteiger partial charge in [0.05, 0.1) is 0 Å². The van der Waals surface area contributed by atoms with Gasteiger partial charge >= 0.3 is 0 Å². The zero-order valence-electron chi connectivity index (χ0n) is 9.66. The molecule has 84 valence electrons. The van der Waals surface area contributed by atoms with Crippen LogP contribution < -0.4 is 11.3 Å². The van der Waals surface area contributed by atoms with Gasteiger partial charge in [-0.3, -0.25) is 9.36 Å². The predicted molar refractivity (Wildman–Crippen MR) is 61.0 cm³/mol. The molecule has 0 aliphatic rings. The molecule has 1 aromatic heterocycles. The topological polar surface area (TPSA) is 60.9 Å². The van der Waals surface area contributed by atoms with E-state index in [1.54, 1.807) is 10.8 Å². The van der Waals surface area contributed by atoms with Crippen molar-refractivity contribution in [3.8, 4) is 0 Å². The van der Waals surface area contributed by atoms with Crippen LogP contribution in [0.2, 0.25) is 0 Å². The van der Waals surface area contributed by atoms with Crippen molar-refractivity contribution >= 4 is 0 Å². The summed E-state index contributed by atoms with van der Waals surface area (Å²) in [5.41, 5.74) is 6.26. The summed E-state index contributed by atoms with van der Waals surface area (Å²) < 4.78 is 1.73. The molecule has 0 aliphatic carbocycles. The molecular weight excluding hydrogens is 190 g/mol. The third-order valence-electron chi connectivity index (χ3n) is 2.42. The van der Waals surface area contributed by atoms with E-state index in [1.165, 1.54) is 0 Å². The van der Waals surface area contributed by atoms with Crippen LogP contribution in [0.1, 0.15) is 37.7 Å². The Morgan fingerprint density at radius 2 is 2.20 bits per heavy atom. The zero-order chi connectivity index (χ0) is 11.4. The van der Waals surface area contributed by atoms with E-state index in [1.807, 2.05) is 20.8 Å². The number of hydrogen-bond donors (Lipinski definition) is 1. The number of rotatable bonds is 4. The predicted octanol–water partition coefficient (Wildman–Crippen LogP) is 1.02. The Labute approximate surface area is 90.1 Å². The molecule has 0 radical (unpaired) electrons. The molecule has 0 spiro atoms. The minimum absolute atomic E-state index is 0.0750. The molecule has 0 bridgehead atoms. The van der Waals surface area contributed by atoms with E-state index in [-0.39, 0.29) is 11.6 Å². The van der Waals surface area contributed by atoms with E-state index >= 15 is 0 Å².